The van der Waals surface area contributed by atoms with Gasteiger partial charge in [0.2, 0.25) is 0 Å². The third kappa shape index (κ3) is 3.10. The van der Waals surface area contributed by atoms with Crippen molar-refractivity contribution in [3.63, 3.8) is 0 Å². The Balaban J connectivity index is 2.27. The Morgan fingerprint density at radius 2 is 2.11 bits per heavy atom. The molecule has 0 amide bonds. The van der Waals surface area contributed by atoms with Crippen molar-refractivity contribution >= 4 is 0 Å². The molecule has 0 heterocycles. The SMILES string of the molecule is COc1ccc(C)cc1C(CN)C(O)C(C)C1CC1. The number of benzene rings is 1. The summed E-state index contributed by atoms with van der Waals surface area (Å²) in [4.78, 5) is 0. The zero-order valence-electron chi connectivity index (χ0n) is 12.1. The van der Waals surface area contributed by atoms with Gasteiger partial charge in [-0.1, -0.05) is 24.6 Å². The molecule has 3 heteroatoms. The molecule has 2 rings (SSSR count). The molecule has 1 fully saturated rings. The molecule has 0 radical (unpaired) electrons. The Hall–Kier alpha value is -1.06. The van der Waals surface area contributed by atoms with E-state index in [9.17, 15) is 5.11 Å². The van der Waals surface area contributed by atoms with E-state index in [1.165, 1.54) is 18.4 Å². The fraction of sp³-hybridized carbons (Fsp3) is 0.625. The van der Waals surface area contributed by atoms with Crippen molar-refractivity contribution in [2.24, 2.45) is 17.6 Å². The molecule has 0 spiro atoms. The van der Waals surface area contributed by atoms with Gasteiger partial charge in [-0.25, -0.2) is 0 Å². The summed E-state index contributed by atoms with van der Waals surface area (Å²) >= 11 is 0. The van der Waals surface area contributed by atoms with Crippen molar-refractivity contribution in [3.05, 3.63) is 29.3 Å². The third-order valence-electron chi connectivity index (χ3n) is 4.36. The normalized spacial score (nSPS) is 19.8. The molecule has 0 aliphatic heterocycles. The fourth-order valence-corrected chi connectivity index (χ4v) is 2.86. The number of aliphatic hydroxyl groups is 1. The van der Waals surface area contributed by atoms with Gasteiger partial charge in [0.15, 0.2) is 0 Å². The lowest BCUT2D eigenvalue weighted by Gasteiger charge is -2.28. The number of aryl methyl sites for hydroxylation is 1. The van der Waals surface area contributed by atoms with Crippen LogP contribution in [0.25, 0.3) is 0 Å². The van der Waals surface area contributed by atoms with Crippen LogP contribution >= 0.6 is 0 Å². The molecule has 0 bridgehead atoms. The van der Waals surface area contributed by atoms with Crippen LogP contribution in [0, 0.1) is 18.8 Å². The lowest BCUT2D eigenvalue weighted by molar-refractivity contribution is 0.0792. The van der Waals surface area contributed by atoms with Crippen LogP contribution in [-0.2, 0) is 0 Å². The molecule has 1 aromatic carbocycles. The second kappa shape index (κ2) is 5.93. The highest BCUT2D eigenvalue weighted by Crippen LogP contribution is 2.42. The molecule has 1 aromatic rings. The summed E-state index contributed by atoms with van der Waals surface area (Å²) in [5.41, 5.74) is 8.12. The predicted molar refractivity (Wildman–Crippen MR) is 77.4 cm³/mol. The third-order valence-corrected chi connectivity index (χ3v) is 4.36. The largest absolute Gasteiger partial charge is 0.496 e. The van der Waals surface area contributed by atoms with Crippen LogP contribution in [0.1, 0.15) is 36.8 Å². The van der Waals surface area contributed by atoms with Gasteiger partial charge in [0.25, 0.3) is 0 Å². The van der Waals surface area contributed by atoms with Gasteiger partial charge in [-0.3, -0.25) is 0 Å². The first-order chi connectivity index (χ1) is 9.08. The van der Waals surface area contributed by atoms with Crippen LogP contribution in [0.3, 0.4) is 0 Å². The Labute approximate surface area is 115 Å². The van der Waals surface area contributed by atoms with E-state index in [2.05, 4.69) is 13.0 Å². The minimum absolute atomic E-state index is 0.0505. The molecule has 1 aliphatic carbocycles. The average Bonchev–Trinajstić information content (AvgIpc) is 3.23. The minimum Gasteiger partial charge on any atom is -0.496 e. The van der Waals surface area contributed by atoms with E-state index in [1.54, 1.807) is 7.11 Å². The van der Waals surface area contributed by atoms with Crippen molar-refractivity contribution in [3.8, 4) is 5.75 Å². The molecule has 3 atom stereocenters. The number of nitrogens with two attached hydrogens (primary N) is 1. The van der Waals surface area contributed by atoms with Gasteiger partial charge in [-0.2, -0.15) is 0 Å². The summed E-state index contributed by atoms with van der Waals surface area (Å²) in [7, 11) is 1.67. The van der Waals surface area contributed by atoms with Gasteiger partial charge in [0.05, 0.1) is 13.2 Å². The number of hydrogen-bond acceptors (Lipinski definition) is 3. The summed E-state index contributed by atoms with van der Waals surface area (Å²) in [6.07, 6.45) is 2.08. The van der Waals surface area contributed by atoms with Gasteiger partial charge in [0.1, 0.15) is 5.75 Å². The topological polar surface area (TPSA) is 55.5 Å². The van der Waals surface area contributed by atoms with Crippen LogP contribution in [0.15, 0.2) is 18.2 Å². The summed E-state index contributed by atoms with van der Waals surface area (Å²) in [6.45, 7) is 4.62. The van der Waals surface area contributed by atoms with E-state index in [1.807, 2.05) is 19.1 Å². The lowest BCUT2D eigenvalue weighted by Crippen LogP contribution is -2.32. The van der Waals surface area contributed by atoms with E-state index in [4.69, 9.17) is 10.5 Å². The van der Waals surface area contributed by atoms with Crippen molar-refractivity contribution < 1.29 is 9.84 Å². The molecule has 1 saturated carbocycles. The molecule has 3 unspecified atom stereocenters. The smallest absolute Gasteiger partial charge is 0.122 e. The van der Waals surface area contributed by atoms with E-state index >= 15 is 0 Å². The maximum atomic E-state index is 10.6. The number of hydrogen-bond donors (Lipinski definition) is 2. The number of aliphatic hydroxyl groups excluding tert-OH is 1. The van der Waals surface area contributed by atoms with Gasteiger partial charge >= 0.3 is 0 Å². The molecule has 0 saturated heterocycles. The van der Waals surface area contributed by atoms with E-state index in [0.717, 1.165) is 11.3 Å². The Kier molecular flexibility index (Phi) is 4.48. The van der Waals surface area contributed by atoms with E-state index < -0.39 is 6.10 Å². The van der Waals surface area contributed by atoms with Crippen molar-refractivity contribution in [2.45, 2.75) is 38.7 Å². The monoisotopic (exact) mass is 263 g/mol. The minimum atomic E-state index is -0.395. The zero-order chi connectivity index (χ0) is 14.0. The highest BCUT2D eigenvalue weighted by molar-refractivity contribution is 5.40. The van der Waals surface area contributed by atoms with Crippen LogP contribution in [-0.4, -0.2) is 24.9 Å². The molecule has 1 aliphatic rings. The number of rotatable bonds is 6. The highest BCUT2D eigenvalue weighted by atomic mass is 16.5. The summed E-state index contributed by atoms with van der Waals surface area (Å²) in [5.74, 6) is 1.74. The molecule has 106 valence electrons. The molecular weight excluding hydrogens is 238 g/mol. The molecule has 19 heavy (non-hydrogen) atoms. The van der Waals surface area contributed by atoms with Crippen molar-refractivity contribution in [1.29, 1.82) is 0 Å². The lowest BCUT2D eigenvalue weighted by atomic mass is 9.83. The molecule has 3 nitrogen and oxygen atoms in total. The Bertz CT molecular complexity index is 429. The van der Waals surface area contributed by atoms with Gasteiger partial charge in [-0.05, 0) is 37.7 Å². The first-order valence-corrected chi connectivity index (χ1v) is 7.11. The first kappa shape index (κ1) is 14.4. The van der Waals surface area contributed by atoms with Crippen LogP contribution < -0.4 is 10.5 Å². The summed E-state index contributed by atoms with van der Waals surface area (Å²) in [6, 6.07) is 6.06. The van der Waals surface area contributed by atoms with Gasteiger partial charge < -0.3 is 15.6 Å². The molecule has 0 aromatic heterocycles. The zero-order valence-corrected chi connectivity index (χ0v) is 12.1. The standard InChI is InChI=1S/C16H25NO2/c1-10-4-7-15(19-3)13(8-10)14(9-17)16(18)11(2)12-5-6-12/h4,7-8,11-12,14,16,18H,5-6,9,17H2,1-3H3. The Morgan fingerprint density at radius 1 is 1.42 bits per heavy atom. The van der Waals surface area contributed by atoms with E-state index in [0.29, 0.717) is 18.4 Å². The van der Waals surface area contributed by atoms with Gasteiger partial charge in [-0.15, -0.1) is 0 Å². The quantitative estimate of drug-likeness (QED) is 0.829. The summed E-state index contributed by atoms with van der Waals surface area (Å²) < 4.78 is 5.42. The number of ether oxygens (including phenoxy) is 1. The molecule has 3 N–H and O–H groups in total. The van der Waals surface area contributed by atoms with Crippen molar-refractivity contribution in [1.82, 2.24) is 0 Å². The van der Waals surface area contributed by atoms with Crippen molar-refractivity contribution in [2.75, 3.05) is 13.7 Å². The maximum Gasteiger partial charge on any atom is 0.122 e. The van der Waals surface area contributed by atoms with Crippen LogP contribution in [0.4, 0.5) is 0 Å². The predicted octanol–water partition coefficient (Wildman–Crippen LogP) is 2.45. The second-order valence-electron chi connectivity index (χ2n) is 5.77. The average molecular weight is 263 g/mol. The van der Waals surface area contributed by atoms with Gasteiger partial charge in [0, 0.05) is 18.0 Å². The Morgan fingerprint density at radius 3 is 2.63 bits per heavy atom. The first-order valence-electron chi connectivity index (χ1n) is 7.11. The fourth-order valence-electron chi connectivity index (χ4n) is 2.86. The highest BCUT2D eigenvalue weighted by Gasteiger charge is 2.36. The van der Waals surface area contributed by atoms with E-state index in [-0.39, 0.29) is 5.92 Å². The summed E-state index contributed by atoms with van der Waals surface area (Å²) in [5, 5.41) is 10.6. The second-order valence-corrected chi connectivity index (χ2v) is 5.77. The maximum absolute atomic E-state index is 10.6. The number of methoxy groups -OCH3 is 1. The molecular formula is C16H25NO2. The van der Waals surface area contributed by atoms with Crippen LogP contribution in [0.2, 0.25) is 0 Å². The van der Waals surface area contributed by atoms with Crippen LogP contribution in [0.5, 0.6) is 5.75 Å².